The van der Waals surface area contributed by atoms with Crippen molar-refractivity contribution in [2.75, 3.05) is 20.3 Å². The Morgan fingerprint density at radius 3 is 2.63 bits per heavy atom. The van der Waals surface area contributed by atoms with Crippen LogP contribution >= 0.6 is 0 Å². The van der Waals surface area contributed by atoms with Gasteiger partial charge in [0.15, 0.2) is 5.78 Å². The summed E-state index contributed by atoms with van der Waals surface area (Å²) in [5.74, 6) is -0.489. The van der Waals surface area contributed by atoms with Gasteiger partial charge in [0.05, 0.1) is 6.54 Å². The minimum absolute atomic E-state index is 0.00973. The van der Waals surface area contributed by atoms with Gasteiger partial charge >= 0.3 is 0 Å². The fraction of sp³-hybridized carbons (Fsp3) is 0.550. The third-order valence-electron chi connectivity index (χ3n) is 5.07. The fourth-order valence-corrected chi connectivity index (χ4v) is 3.77. The second-order valence-electron chi connectivity index (χ2n) is 7.47. The van der Waals surface area contributed by atoms with E-state index in [2.05, 4.69) is 5.32 Å². The normalized spacial score (nSPS) is 25.6. The van der Waals surface area contributed by atoms with Crippen LogP contribution in [0.1, 0.15) is 30.6 Å². The van der Waals surface area contributed by atoms with Crippen molar-refractivity contribution in [2.24, 2.45) is 5.92 Å². The summed E-state index contributed by atoms with van der Waals surface area (Å²) in [5.41, 5.74) is 0.494. The Morgan fingerprint density at radius 1 is 1.30 bits per heavy atom. The summed E-state index contributed by atoms with van der Waals surface area (Å²) < 4.78 is 10.9. The number of rotatable bonds is 6. The number of nitrogens with one attached hydrogen (secondary N) is 1. The van der Waals surface area contributed by atoms with Gasteiger partial charge in [0, 0.05) is 12.7 Å². The summed E-state index contributed by atoms with van der Waals surface area (Å²) in [7, 11) is 1.55. The van der Waals surface area contributed by atoms with Gasteiger partial charge < -0.3 is 19.7 Å². The van der Waals surface area contributed by atoms with E-state index in [0.29, 0.717) is 12.0 Å². The lowest BCUT2D eigenvalue weighted by molar-refractivity contribution is -0.138. The van der Waals surface area contributed by atoms with E-state index in [1.54, 1.807) is 31.4 Å². The van der Waals surface area contributed by atoms with Crippen molar-refractivity contribution in [1.29, 1.82) is 0 Å². The third kappa shape index (κ3) is 4.04. The number of fused-ring (bicyclic) bond motifs is 1. The van der Waals surface area contributed by atoms with Gasteiger partial charge in [-0.15, -0.1) is 0 Å². The zero-order valence-corrected chi connectivity index (χ0v) is 15.9. The molecule has 2 heterocycles. The van der Waals surface area contributed by atoms with E-state index in [0.717, 1.165) is 0 Å². The zero-order chi connectivity index (χ0) is 19.6. The van der Waals surface area contributed by atoms with Crippen molar-refractivity contribution < 1.29 is 23.9 Å². The van der Waals surface area contributed by atoms with Crippen molar-refractivity contribution in [2.45, 2.75) is 44.6 Å². The van der Waals surface area contributed by atoms with Crippen LogP contribution in [-0.2, 0) is 19.1 Å². The standard InChI is InChI=1S/C20H26N2O5/c1-12(2)9-14(21-19(24)13-7-5-4-6-8-13)20(25)22-10-16(26-3)18-17(22)15(23)11-27-18/h4-8,12,14,16-18H,9-11H2,1-3H3,(H,21,24)/t14-,16-,17+,18+/m0/s1. The van der Waals surface area contributed by atoms with Crippen LogP contribution in [0.3, 0.4) is 0 Å². The van der Waals surface area contributed by atoms with Gasteiger partial charge in [0.1, 0.15) is 30.9 Å². The second kappa shape index (κ2) is 8.19. The van der Waals surface area contributed by atoms with Crippen LogP contribution in [0.5, 0.6) is 0 Å². The van der Waals surface area contributed by atoms with E-state index in [-0.39, 0.29) is 42.8 Å². The van der Waals surface area contributed by atoms with Crippen LogP contribution in [0.4, 0.5) is 0 Å². The third-order valence-corrected chi connectivity index (χ3v) is 5.07. The lowest BCUT2D eigenvalue weighted by Crippen LogP contribution is -2.52. The molecule has 0 aliphatic carbocycles. The number of likely N-dealkylation sites (tertiary alicyclic amines) is 1. The molecule has 7 nitrogen and oxygen atoms in total. The molecule has 2 saturated heterocycles. The van der Waals surface area contributed by atoms with Gasteiger partial charge in [0.25, 0.3) is 5.91 Å². The minimum atomic E-state index is -0.706. The maximum absolute atomic E-state index is 13.2. The lowest BCUT2D eigenvalue weighted by atomic mass is 10.0. The van der Waals surface area contributed by atoms with E-state index in [1.165, 1.54) is 4.90 Å². The van der Waals surface area contributed by atoms with Gasteiger partial charge in [-0.1, -0.05) is 32.0 Å². The van der Waals surface area contributed by atoms with Gasteiger partial charge in [-0.25, -0.2) is 0 Å². The number of amides is 2. The van der Waals surface area contributed by atoms with Gasteiger partial charge in [-0.3, -0.25) is 14.4 Å². The van der Waals surface area contributed by atoms with Crippen LogP contribution < -0.4 is 5.32 Å². The number of ether oxygens (including phenoxy) is 2. The van der Waals surface area contributed by atoms with E-state index in [1.807, 2.05) is 19.9 Å². The van der Waals surface area contributed by atoms with E-state index in [9.17, 15) is 14.4 Å². The maximum atomic E-state index is 13.2. The first-order chi connectivity index (χ1) is 12.9. The van der Waals surface area contributed by atoms with Crippen LogP contribution in [-0.4, -0.2) is 67.1 Å². The number of carbonyl (C=O) groups excluding carboxylic acids is 3. The molecule has 0 spiro atoms. The number of Topliss-reactive ketones (excluding diaryl/α,β-unsaturated/α-hetero) is 1. The molecule has 0 unspecified atom stereocenters. The molecule has 1 N–H and O–H groups in total. The highest BCUT2D eigenvalue weighted by Crippen LogP contribution is 2.30. The Hall–Kier alpha value is -2.25. The molecule has 1 aromatic carbocycles. The molecular weight excluding hydrogens is 348 g/mol. The summed E-state index contributed by atoms with van der Waals surface area (Å²) in [5, 5.41) is 2.85. The van der Waals surface area contributed by atoms with Crippen molar-refractivity contribution in [3.63, 3.8) is 0 Å². The smallest absolute Gasteiger partial charge is 0.251 e. The average Bonchev–Trinajstić information content (AvgIpc) is 3.21. The maximum Gasteiger partial charge on any atom is 0.251 e. The van der Waals surface area contributed by atoms with Gasteiger partial charge in [-0.2, -0.15) is 0 Å². The summed E-state index contributed by atoms with van der Waals surface area (Å²) in [6.45, 7) is 4.25. The molecule has 2 fully saturated rings. The fourth-order valence-electron chi connectivity index (χ4n) is 3.77. The molecule has 7 heteroatoms. The quantitative estimate of drug-likeness (QED) is 0.804. The number of ketones is 1. The van der Waals surface area contributed by atoms with Crippen LogP contribution in [0.25, 0.3) is 0 Å². The Kier molecular flexibility index (Phi) is 5.92. The summed E-state index contributed by atoms with van der Waals surface area (Å²) >= 11 is 0. The number of methoxy groups -OCH3 is 1. The van der Waals surface area contributed by atoms with Crippen LogP contribution in [0, 0.1) is 5.92 Å². The van der Waals surface area contributed by atoms with Gasteiger partial charge in [-0.05, 0) is 24.5 Å². The predicted octanol–water partition coefficient (Wildman–Crippen LogP) is 1.02. The van der Waals surface area contributed by atoms with Crippen LogP contribution in [0.2, 0.25) is 0 Å². The summed E-state index contributed by atoms with van der Waals surface area (Å²) in [4.78, 5) is 39.6. The number of benzene rings is 1. The van der Waals surface area contributed by atoms with Crippen molar-refractivity contribution in [3.8, 4) is 0 Å². The Morgan fingerprint density at radius 2 is 2.00 bits per heavy atom. The van der Waals surface area contributed by atoms with Crippen molar-refractivity contribution >= 4 is 17.6 Å². The lowest BCUT2D eigenvalue weighted by Gasteiger charge is -2.28. The topological polar surface area (TPSA) is 84.9 Å². The number of nitrogens with zero attached hydrogens (tertiary/aromatic N) is 1. The second-order valence-corrected chi connectivity index (χ2v) is 7.47. The highest BCUT2D eigenvalue weighted by Gasteiger charge is 2.53. The molecule has 1 aromatic rings. The number of hydrogen-bond acceptors (Lipinski definition) is 5. The molecule has 4 atom stereocenters. The predicted molar refractivity (Wildman–Crippen MR) is 98.2 cm³/mol. The van der Waals surface area contributed by atoms with Crippen LogP contribution in [0.15, 0.2) is 30.3 Å². The minimum Gasteiger partial charge on any atom is -0.377 e. The molecule has 0 bridgehead atoms. The number of hydrogen-bond donors (Lipinski definition) is 1. The van der Waals surface area contributed by atoms with E-state index >= 15 is 0 Å². The van der Waals surface area contributed by atoms with Crippen molar-refractivity contribution in [3.05, 3.63) is 35.9 Å². The number of carbonyl (C=O) groups is 3. The van der Waals surface area contributed by atoms with E-state index in [4.69, 9.17) is 9.47 Å². The largest absolute Gasteiger partial charge is 0.377 e. The molecule has 2 amide bonds. The molecule has 2 aliphatic heterocycles. The molecule has 2 aliphatic rings. The molecular formula is C20H26N2O5. The highest BCUT2D eigenvalue weighted by atomic mass is 16.5. The first-order valence-electron chi connectivity index (χ1n) is 9.26. The first-order valence-corrected chi connectivity index (χ1v) is 9.26. The average molecular weight is 374 g/mol. The molecule has 0 saturated carbocycles. The molecule has 0 aromatic heterocycles. The van der Waals surface area contributed by atoms with Gasteiger partial charge in [0.2, 0.25) is 5.91 Å². The Bertz CT molecular complexity index is 706. The van der Waals surface area contributed by atoms with E-state index < -0.39 is 18.2 Å². The highest BCUT2D eigenvalue weighted by molar-refractivity contribution is 5.99. The summed E-state index contributed by atoms with van der Waals surface area (Å²) in [6, 6.07) is 7.44. The monoisotopic (exact) mass is 374 g/mol. The zero-order valence-electron chi connectivity index (χ0n) is 15.9. The SMILES string of the molecule is CO[C@H]1CN(C(=O)[C@H](CC(C)C)NC(=O)c2ccccc2)[C@@H]2C(=O)CO[C@H]12. The molecule has 146 valence electrons. The molecule has 3 rings (SSSR count). The first kappa shape index (κ1) is 19.5. The molecule has 0 radical (unpaired) electrons. The summed E-state index contributed by atoms with van der Waals surface area (Å²) in [6.07, 6.45) is -0.288. The van der Waals surface area contributed by atoms with Crippen molar-refractivity contribution in [1.82, 2.24) is 10.2 Å². The Labute approximate surface area is 159 Å². The Balaban J connectivity index is 1.79. The molecule has 27 heavy (non-hydrogen) atoms.